The van der Waals surface area contributed by atoms with Crippen molar-refractivity contribution in [2.75, 3.05) is 13.2 Å². The van der Waals surface area contributed by atoms with E-state index in [0.29, 0.717) is 11.6 Å². The molecule has 1 aliphatic heterocycles. The van der Waals surface area contributed by atoms with E-state index in [4.69, 9.17) is 16.3 Å². The first-order valence-electron chi connectivity index (χ1n) is 5.88. The molecule has 1 saturated heterocycles. The van der Waals surface area contributed by atoms with Crippen LogP contribution in [0.25, 0.3) is 0 Å². The summed E-state index contributed by atoms with van der Waals surface area (Å²) in [5.41, 5.74) is 0.977. The van der Waals surface area contributed by atoms with E-state index in [1.807, 2.05) is 31.2 Å². The smallest absolute Gasteiger partial charge is 0.310 e. The monoisotopic (exact) mass is 253 g/mol. The van der Waals surface area contributed by atoms with Crippen LogP contribution < -0.4 is 5.32 Å². The normalized spacial score (nSPS) is 23.6. The second-order valence-electron chi connectivity index (χ2n) is 4.10. The molecular formula is C13H16ClNO2. The van der Waals surface area contributed by atoms with Gasteiger partial charge >= 0.3 is 5.97 Å². The van der Waals surface area contributed by atoms with Gasteiger partial charge in [-0.15, -0.1) is 0 Å². The molecule has 0 radical (unpaired) electrons. The lowest BCUT2D eigenvalue weighted by Gasteiger charge is -2.19. The molecule has 0 spiro atoms. The number of rotatable bonds is 3. The van der Waals surface area contributed by atoms with Crippen molar-refractivity contribution in [2.45, 2.75) is 19.4 Å². The maximum absolute atomic E-state index is 11.8. The lowest BCUT2D eigenvalue weighted by molar-refractivity contribution is -0.148. The molecule has 4 heteroatoms. The minimum Gasteiger partial charge on any atom is -0.466 e. The highest BCUT2D eigenvalue weighted by Crippen LogP contribution is 2.34. The van der Waals surface area contributed by atoms with Crippen molar-refractivity contribution in [3.8, 4) is 0 Å². The molecule has 0 aromatic heterocycles. The molecule has 92 valence electrons. The van der Waals surface area contributed by atoms with E-state index >= 15 is 0 Å². The fourth-order valence-electron chi connectivity index (χ4n) is 2.26. The first-order valence-corrected chi connectivity index (χ1v) is 6.26. The summed E-state index contributed by atoms with van der Waals surface area (Å²) in [6, 6.07) is 7.60. The summed E-state index contributed by atoms with van der Waals surface area (Å²) in [5.74, 6) is -0.266. The number of carbonyl (C=O) groups is 1. The van der Waals surface area contributed by atoms with Gasteiger partial charge < -0.3 is 10.1 Å². The number of esters is 1. The van der Waals surface area contributed by atoms with Crippen molar-refractivity contribution in [1.82, 2.24) is 5.32 Å². The standard InChI is InChI=1S/C13H16ClNO2/c1-2-17-13(16)10-7-8-15-12(10)9-5-3-4-6-11(9)14/h3-6,10,12,15H,2,7-8H2,1H3/t10-,12+/m0/s1. The molecule has 1 aromatic carbocycles. The lowest BCUT2D eigenvalue weighted by Crippen LogP contribution is -2.25. The van der Waals surface area contributed by atoms with Gasteiger partial charge in [0.25, 0.3) is 0 Å². The van der Waals surface area contributed by atoms with Crippen LogP contribution in [0.4, 0.5) is 0 Å². The van der Waals surface area contributed by atoms with Crippen LogP contribution in [0.2, 0.25) is 5.02 Å². The van der Waals surface area contributed by atoms with Crippen LogP contribution in [0.15, 0.2) is 24.3 Å². The molecule has 1 heterocycles. The molecular weight excluding hydrogens is 238 g/mol. The molecule has 1 aliphatic rings. The van der Waals surface area contributed by atoms with Gasteiger partial charge in [0.2, 0.25) is 0 Å². The average molecular weight is 254 g/mol. The Hall–Kier alpha value is -1.06. The fourth-order valence-corrected chi connectivity index (χ4v) is 2.51. The zero-order valence-corrected chi connectivity index (χ0v) is 10.5. The Labute approximate surface area is 106 Å². The molecule has 3 nitrogen and oxygen atoms in total. The molecule has 1 aromatic rings. The maximum Gasteiger partial charge on any atom is 0.310 e. The quantitative estimate of drug-likeness (QED) is 0.842. The summed E-state index contributed by atoms with van der Waals surface area (Å²) < 4.78 is 5.10. The Morgan fingerprint density at radius 2 is 2.29 bits per heavy atom. The van der Waals surface area contributed by atoms with Crippen molar-refractivity contribution in [3.63, 3.8) is 0 Å². The van der Waals surface area contributed by atoms with Crippen molar-refractivity contribution in [1.29, 1.82) is 0 Å². The van der Waals surface area contributed by atoms with Crippen LogP contribution in [0.5, 0.6) is 0 Å². The second-order valence-corrected chi connectivity index (χ2v) is 4.51. The van der Waals surface area contributed by atoms with Gasteiger partial charge in [-0.25, -0.2) is 0 Å². The van der Waals surface area contributed by atoms with Gasteiger partial charge in [0.15, 0.2) is 0 Å². The number of nitrogens with one attached hydrogen (secondary N) is 1. The van der Waals surface area contributed by atoms with Crippen molar-refractivity contribution < 1.29 is 9.53 Å². The van der Waals surface area contributed by atoms with E-state index in [1.54, 1.807) is 0 Å². The Bertz CT molecular complexity index is 408. The van der Waals surface area contributed by atoms with E-state index in [-0.39, 0.29) is 17.9 Å². The first-order chi connectivity index (χ1) is 8.24. The van der Waals surface area contributed by atoms with Crippen LogP contribution in [0.3, 0.4) is 0 Å². The minimum atomic E-state index is -0.137. The maximum atomic E-state index is 11.8. The van der Waals surface area contributed by atoms with Crippen LogP contribution in [-0.4, -0.2) is 19.1 Å². The number of ether oxygens (including phenoxy) is 1. The summed E-state index contributed by atoms with van der Waals surface area (Å²) >= 11 is 6.16. The fraction of sp³-hybridized carbons (Fsp3) is 0.462. The SMILES string of the molecule is CCOC(=O)[C@H]1CCN[C@@H]1c1ccccc1Cl. The van der Waals surface area contributed by atoms with Crippen LogP contribution in [0.1, 0.15) is 24.9 Å². The first kappa shape index (κ1) is 12.4. The summed E-state index contributed by atoms with van der Waals surface area (Å²) in [7, 11) is 0. The highest BCUT2D eigenvalue weighted by atomic mass is 35.5. The van der Waals surface area contributed by atoms with Gasteiger partial charge in [-0.3, -0.25) is 4.79 Å². The molecule has 0 unspecified atom stereocenters. The zero-order valence-electron chi connectivity index (χ0n) is 9.78. The van der Waals surface area contributed by atoms with Crippen LogP contribution >= 0.6 is 11.6 Å². The van der Waals surface area contributed by atoms with Crippen molar-refractivity contribution >= 4 is 17.6 Å². The number of hydrogen-bond donors (Lipinski definition) is 1. The van der Waals surface area contributed by atoms with E-state index in [9.17, 15) is 4.79 Å². The predicted octanol–water partition coefficient (Wildman–Crippen LogP) is 2.55. The van der Waals surface area contributed by atoms with Gasteiger partial charge in [0.05, 0.1) is 12.5 Å². The Kier molecular flexibility index (Phi) is 4.02. The lowest BCUT2D eigenvalue weighted by atomic mass is 9.94. The molecule has 1 fully saturated rings. The second kappa shape index (κ2) is 5.52. The van der Waals surface area contributed by atoms with Gasteiger partial charge in [-0.1, -0.05) is 29.8 Å². The van der Waals surface area contributed by atoms with E-state index in [1.165, 1.54) is 0 Å². The molecule has 0 saturated carbocycles. The molecule has 0 aliphatic carbocycles. The zero-order chi connectivity index (χ0) is 12.3. The third-order valence-electron chi connectivity index (χ3n) is 3.05. The summed E-state index contributed by atoms with van der Waals surface area (Å²) in [4.78, 5) is 11.8. The third kappa shape index (κ3) is 2.61. The minimum absolute atomic E-state index is 0.0252. The average Bonchev–Trinajstić information content (AvgIpc) is 2.79. The largest absolute Gasteiger partial charge is 0.466 e. The molecule has 0 bridgehead atoms. The van der Waals surface area contributed by atoms with E-state index in [2.05, 4.69) is 5.32 Å². The molecule has 2 atom stereocenters. The predicted molar refractivity (Wildman–Crippen MR) is 66.9 cm³/mol. The van der Waals surface area contributed by atoms with Crippen LogP contribution in [0, 0.1) is 5.92 Å². The summed E-state index contributed by atoms with van der Waals surface area (Å²) in [6.45, 7) is 3.06. The summed E-state index contributed by atoms with van der Waals surface area (Å²) in [6.07, 6.45) is 0.800. The number of benzene rings is 1. The van der Waals surface area contributed by atoms with E-state index < -0.39 is 0 Å². The van der Waals surface area contributed by atoms with Crippen molar-refractivity contribution in [3.05, 3.63) is 34.9 Å². The highest BCUT2D eigenvalue weighted by molar-refractivity contribution is 6.31. The van der Waals surface area contributed by atoms with Crippen molar-refractivity contribution in [2.24, 2.45) is 5.92 Å². The van der Waals surface area contributed by atoms with Gasteiger partial charge in [0.1, 0.15) is 0 Å². The Morgan fingerprint density at radius 3 is 3.00 bits per heavy atom. The molecule has 17 heavy (non-hydrogen) atoms. The Balaban J connectivity index is 2.20. The molecule has 1 N–H and O–H groups in total. The van der Waals surface area contributed by atoms with Gasteiger partial charge in [0, 0.05) is 11.1 Å². The topological polar surface area (TPSA) is 38.3 Å². The third-order valence-corrected chi connectivity index (χ3v) is 3.40. The van der Waals surface area contributed by atoms with E-state index in [0.717, 1.165) is 18.5 Å². The van der Waals surface area contributed by atoms with Gasteiger partial charge in [-0.05, 0) is 31.5 Å². The van der Waals surface area contributed by atoms with Crippen LogP contribution in [-0.2, 0) is 9.53 Å². The number of hydrogen-bond acceptors (Lipinski definition) is 3. The molecule has 2 rings (SSSR count). The van der Waals surface area contributed by atoms with Gasteiger partial charge in [-0.2, -0.15) is 0 Å². The Morgan fingerprint density at radius 1 is 1.53 bits per heavy atom. The number of carbonyl (C=O) groups excluding carboxylic acids is 1. The highest BCUT2D eigenvalue weighted by Gasteiger charge is 2.35. The molecule has 0 amide bonds. The number of halogens is 1. The summed E-state index contributed by atoms with van der Waals surface area (Å²) in [5, 5.41) is 4.01.